The molecule has 0 N–H and O–H groups in total. The highest BCUT2D eigenvalue weighted by atomic mass is 32.2. The van der Waals surface area contributed by atoms with Gasteiger partial charge >= 0.3 is 10.1 Å². The molecule has 0 spiro atoms. The molecule has 42 heavy (non-hydrogen) atoms. The minimum absolute atomic E-state index is 0.107. The Morgan fingerprint density at radius 1 is 0.714 bits per heavy atom. The van der Waals surface area contributed by atoms with E-state index in [4.69, 9.17) is 23.2 Å². The maximum Gasteiger partial charge on any atom is 0.313 e. The molecule has 3 rings (SSSR count). The lowest BCUT2D eigenvalue weighted by molar-refractivity contribution is -0.0181. The summed E-state index contributed by atoms with van der Waals surface area (Å²) in [5, 5.41) is 1.32. The molecule has 0 fully saturated rings. The second-order valence-electron chi connectivity index (χ2n) is 10.4. The normalized spacial score (nSPS) is 13.3. The van der Waals surface area contributed by atoms with Crippen LogP contribution in [-0.4, -0.2) is 71.4 Å². The SMILES string of the molecule is CCCCCCCCCCCCCOCS(=O)(=O)ON1C(=O)c2cccc3cc(OCCOCCOC)cc(c23)C1=O. The molecule has 0 bridgehead atoms. The fraction of sp³-hybridized carbons (Fsp3) is 0.613. The van der Waals surface area contributed by atoms with Gasteiger partial charge in [0, 0.05) is 19.1 Å². The minimum Gasteiger partial charge on any atom is -0.491 e. The van der Waals surface area contributed by atoms with Crippen LogP contribution in [0.5, 0.6) is 5.75 Å². The van der Waals surface area contributed by atoms with E-state index in [2.05, 4.69) is 6.92 Å². The first kappa shape index (κ1) is 33.9. The van der Waals surface area contributed by atoms with Crippen LogP contribution in [0.1, 0.15) is 98.3 Å². The van der Waals surface area contributed by atoms with Crippen molar-refractivity contribution in [3.05, 3.63) is 41.5 Å². The van der Waals surface area contributed by atoms with Crippen molar-refractivity contribution in [1.29, 1.82) is 0 Å². The van der Waals surface area contributed by atoms with Gasteiger partial charge in [-0.2, -0.15) is 8.42 Å². The third-order valence-corrected chi connectivity index (χ3v) is 7.85. The highest BCUT2D eigenvalue weighted by molar-refractivity contribution is 7.86. The smallest absolute Gasteiger partial charge is 0.313 e. The van der Waals surface area contributed by atoms with Crippen LogP contribution >= 0.6 is 0 Å². The van der Waals surface area contributed by atoms with E-state index in [-0.39, 0.29) is 29.4 Å². The molecule has 10 nitrogen and oxygen atoms in total. The summed E-state index contributed by atoms with van der Waals surface area (Å²) in [6, 6.07) is 8.11. The fourth-order valence-electron chi connectivity index (χ4n) is 4.84. The molecule has 0 atom stereocenters. The summed E-state index contributed by atoms with van der Waals surface area (Å²) in [6.45, 7) is 3.91. The summed E-state index contributed by atoms with van der Waals surface area (Å²) in [5.41, 5.74) is 0.267. The number of benzene rings is 2. The van der Waals surface area contributed by atoms with E-state index >= 15 is 0 Å². The van der Waals surface area contributed by atoms with E-state index in [1.807, 2.05) is 0 Å². The van der Waals surface area contributed by atoms with Crippen molar-refractivity contribution < 1.29 is 41.2 Å². The van der Waals surface area contributed by atoms with Crippen LogP contribution in [0.15, 0.2) is 30.3 Å². The van der Waals surface area contributed by atoms with Crippen molar-refractivity contribution in [3.63, 3.8) is 0 Å². The Morgan fingerprint density at radius 3 is 2.05 bits per heavy atom. The average Bonchev–Trinajstić information content (AvgIpc) is 2.98. The molecule has 2 aromatic rings. The van der Waals surface area contributed by atoms with E-state index in [1.54, 1.807) is 25.3 Å². The number of methoxy groups -OCH3 is 1. The van der Waals surface area contributed by atoms with Gasteiger partial charge in [0.25, 0.3) is 11.8 Å². The Labute approximate surface area is 249 Å². The lowest BCUT2D eigenvalue weighted by Gasteiger charge is -2.25. The highest BCUT2D eigenvalue weighted by Crippen LogP contribution is 2.34. The summed E-state index contributed by atoms with van der Waals surface area (Å²) >= 11 is 0. The molecule has 0 saturated carbocycles. The predicted molar refractivity (Wildman–Crippen MR) is 160 cm³/mol. The second kappa shape index (κ2) is 18.2. The Hall–Kier alpha value is -2.57. The molecule has 0 unspecified atom stereocenters. The molecule has 234 valence electrons. The number of hydrogen-bond donors (Lipinski definition) is 0. The average molecular weight is 608 g/mol. The second-order valence-corrected chi connectivity index (χ2v) is 11.9. The largest absolute Gasteiger partial charge is 0.491 e. The molecule has 2 aromatic carbocycles. The maximum atomic E-state index is 13.3. The molecule has 1 aliphatic heterocycles. The molecule has 0 radical (unpaired) electrons. The number of imide groups is 1. The number of rotatable bonds is 23. The monoisotopic (exact) mass is 607 g/mol. The molecule has 1 heterocycles. The van der Waals surface area contributed by atoms with Crippen molar-refractivity contribution in [2.75, 3.05) is 46.1 Å². The van der Waals surface area contributed by atoms with Crippen LogP contribution in [0.2, 0.25) is 0 Å². The molecule has 1 aliphatic rings. The molecule has 0 aromatic heterocycles. The van der Waals surface area contributed by atoms with Crippen LogP contribution in [0, 0.1) is 0 Å². The summed E-state index contributed by atoms with van der Waals surface area (Å²) in [6.07, 6.45) is 12.9. The Bertz CT molecular complexity index is 1250. The first-order chi connectivity index (χ1) is 20.4. The lowest BCUT2D eigenvalue weighted by atomic mass is 9.95. The number of amides is 2. The highest BCUT2D eigenvalue weighted by Gasteiger charge is 2.37. The van der Waals surface area contributed by atoms with Crippen molar-refractivity contribution in [1.82, 2.24) is 5.06 Å². The van der Waals surface area contributed by atoms with Gasteiger partial charge in [-0.05, 0) is 30.0 Å². The summed E-state index contributed by atoms with van der Waals surface area (Å²) in [5.74, 6) is -2.12. The third kappa shape index (κ3) is 10.6. The number of carbonyl (C=O) groups excluding carboxylic acids is 2. The van der Waals surface area contributed by atoms with E-state index in [1.165, 1.54) is 57.1 Å². The van der Waals surface area contributed by atoms with Crippen LogP contribution in [0.3, 0.4) is 0 Å². The van der Waals surface area contributed by atoms with Crippen molar-refractivity contribution in [2.45, 2.75) is 77.6 Å². The van der Waals surface area contributed by atoms with Crippen LogP contribution < -0.4 is 4.74 Å². The lowest BCUT2D eigenvalue weighted by Crippen LogP contribution is -2.42. The van der Waals surface area contributed by atoms with Gasteiger partial charge in [-0.3, -0.25) is 9.59 Å². The first-order valence-corrected chi connectivity index (χ1v) is 16.6. The van der Waals surface area contributed by atoms with Gasteiger partial charge < -0.3 is 18.9 Å². The van der Waals surface area contributed by atoms with Gasteiger partial charge in [-0.1, -0.05) is 83.3 Å². The number of unbranched alkanes of at least 4 members (excludes halogenated alkanes) is 10. The van der Waals surface area contributed by atoms with E-state index in [0.717, 1.165) is 25.7 Å². The van der Waals surface area contributed by atoms with Crippen LogP contribution in [0.4, 0.5) is 0 Å². The maximum absolute atomic E-state index is 13.3. The summed E-state index contributed by atoms with van der Waals surface area (Å²) in [7, 11) is -2.78. The van der Waals surface area contributed by atoms with Crippen LogP contribution in [-0.2, 0) is 28.6 Å². The molecular weight excluding hydrogens is 562 g/mol. The van der Waals surface area contributed by atoms with Gasteiger partial charge in [0.2, 0.25) is 0 Å². The predicted octanol–water partition coefficient (Wildman–Crippen LogP) is 6.02. The number of carbonyl (C=O) groups is 2. The Kier molecular flexibility index (Phi) is 14.7. The summed E-state index contributed by atoms with van der Waals surface area (Å²) in [4.78, 5) is 26.3. The van der Waals surface area contributed by atoms with Gasteiger partial charge in [-0.25, -0.2) is 0 Å². The van der Waals surface area contributed by atoms with Gasteiger partial charge in [0.15, 0.2) is 5.94 Å². The number of hydrogen-bond acceptors (Lipinski definition) is 9. The molecular formula is C31H45NO9S. The molecule has 0 aliphatic carbocycles. The van der Waals surface area contributed by atoms with Gasteiger partial charge in [0.05, 0.1) is 30.9 Å². The Balaban J connectivity index is 1.47. The minimum atomic E-state index is -4.36. The first-order valence-electron chi connectivity index (χ1n) is 15.0. The third-order valence-electron chi connectivity index (χ3n) is 7.02. The van der Waals surface area contributed by atoms with E-state index in [9.17, 15) is 18.0 Å². The Morgan fingerprint density at radius 2 is 1.36 bits per heavy atom. The van der Waals surface area contributed by atoms with Gasteiger partial charge in [0.1, 0.15) is 12.4 Å². The zero-order valence-corrected chi connectivity index (χ0v) is 25.8. The standard InChI is InChI=1S/C31H45NO9S/c1-3-4-5-6-7-8-9-10-11-12-13-17-39-24-42(35,36)41-32-30(33)27-16-14-15-25-22-26(23-28(29(25)27)31(32)34)40-21-20-38-19-18-37-2/h14-16,22-23H,3-13,17-21,24H2,1-2H3. The fourth-order valence-corrected chi connectivity index (χ4v) is 5.56. The van der Waals surface area contributed by atoms with E-state index < -0.39 is 27.9 Å². The van der Waals surface area contributed by atoms with Gasteiger partial charge in [-0.15, -0.1) is 9.35 Å². The molecule has 0 saturated heterocycles. The topological polar surface area (TPSA) is 118 Å². The van der Waals surface area contributed by atoms with Crippen LogP contribution in [0.25, 0.3) is 10.8 Å². The van der Waals surface area contributed by atoms with Crippen molar-refractivity contribution >= 4 is 32.7 Å². The molecule has 11 heteroatoms. The number of hydroxylamine groups is 2. The number of ether oxygens (including phenoxy) is 4. The quantitative estimate of drug-likeness (QED) is 0.110. The molecule has 2 amide bonds. The van der Waals surface area contributed by atoms with Crippen molar-refractivity contribution in [2.24, 2.45) is 0 Å². The number of nitrogens with zero attached hydrogens (tertiary/aromatic N) is 1. The van der Waals surface area contributed by atoms with Crippen molar-refractivity contribution in [3.8, 4) is 5.75 Å². The zero-order chi connectivity index (χ0) is 30.2. The van der Waals surface area contributed by atoms with E-state index in [0.29, 0.717) is 36.3 Å². The zero-order valence-electron chi connectivity index (χ0n) is 24.9. The summed E-state index contributed by atoms with van der Waals surface area (Å²) < 4.78 is 51.6.